The Balaban J connectivity index is 1.81. The molecule has 29 heavy (non-hydrogen) atoms. The van der Waals surface area contributed by atoms with Gasteiger partial charge in [0.15, 0.2) is 11.5 Å². The van der Waals surface area contributed by atoms with Crippen LogP contribution in [-0.4, -0.2) is 50.7 Å². The van der Waals surface area contributed by atoms with Gasteiger partial charge in [0, 0.05) is 12.2 Å². The van der Waals surface area contributed by atoms with Crippen LogP contribution >= 0.6 is 0 Å². The Hall–Kier alpha value is -3.06. The van der Waals surface area contributed by atoms with Crippen LogP contribution in [0, 0.1) is 6.92 Å². The number of aryl methyl sites for hydroxylation is 1. The molecule has 0 spiro atoms. The van der Waals surface area contributed by atoms with Crippen LogP contribution in [-0.2, 0) is 27.3 Å². The van der Waals surface area contributed by atoms with Crippen molar-refractivity contribution in [3.05, 3.63) is 53.1 Å². The van der Waals surface area contributed by atoms with Crippen LogP contribution in [0.5, 0.6) is 11.5 Å². The molecule has 2 aromatic rings. The first-order valence-corrected chi connectivity index (χ1v) is 9.37. The molecule has 0 saturated carbocycles. The SMILES string of the molecule is COC(=O)C1Cc2cc(OC)c(OC)cc2CN1CC(=O)Nc1ccc(C)cc1. The predicted molar refractivity (Wildman–Crippen MR) is 109 cm³/mol. The highest BCUT2D eigenvalue weighted by Gasteiger charge is 2.34. The van der Waals surface area contributed by atoms with Gasteiger partial charge in [-0.3, -0.25) is 14.5 Å². The minimum atomic E-state index is -0.547. The normalized spacial score (nSPS) is 15.9. The smallest absolute Gasteiger partial charge is 0.323 e. The number of carbonyl (C=O) groups is 2. The molecule has 0 radical (unpaired) electrons. The van der Waals surface area contributed by atoms with E-state index in [0.717, 1.165) is 22.4 Å². The fourth-order valence-corrected chi connectivity index (χ4v) is 3.52. The van der Waals surface area contributed by atoms with Gasteiger partial charge >= 0.3 is 5.97 Å². The average molecular weight is 398 g/mol. The molecule has 7 heteroatoms. The third kappa shape index (κ3) is 4.68. The number of anilines is 1. The first kappa shape index (κ1) is 20.7. The fraction of sp³-hybridized carbons (Fsp3) is 0.364. The van der Waals surface area contributed by atoms with Gasteiger partial charge in [0.2, 0.25) is 5.91 Å². The lowest BCUT2D eigenvalue weighted by Crippen LogP contribution is -2.49. The van der Waals surface area contributed by atoms with Crippen molar-refractivity contribution < 1.29 is 23.8 Å². The van der Waals surface area contributed by atoms with E-state index in [9.17, 15) is 9.59 Å². The molecule has 1 N–H and O–H groups in total. The topological polar surface area (TPSA) is 77.1 Å². The van der Waals surface area contributed by atoms with E-state index in [1.807, 2.05) is 48.2 Å². The summed E-state index contributed by atoms with van der Waals surface area (Å²) in [5.74, 6) is 0.674. The summed E-state index contributed by atoms with van der Waals surface area (Å²) in [5, 5.41) is 2.88. The molecule has 1 aliphatic heterocycles. The maximum absolute atomic E-state index is 12.6. The molecular weight excluding hydrogens is 372 g/mol. The van der Waals surface area contributed by atoms with Crippen LogP contribution in [0.3, 0.4) is 0 Å². The third-order valence-corrected chi connectivity index (χ3v) is 5.09. The van der Waals surface area contributed by atoms with E-state index in [-0.39, 0.29) is 18.4 Å². The van der Waals surface area contributed by atoms with E-state index in [4.69, 9.17) is 14.2 Å². The number of hydrogen-bond donors (Lipinski definition) is 1. The van der Waals surface area contributed by atoms with Crippen LogP contribution < -0.4 is 14.8 Å². The number of benzene rings is 2. The highest BCUT2D eigenvalue weighted by Crippen LogP contribution is 2.34. The minimum Gasteiger partial charge on any atom is -0.493 e. The lowest BCUT2D eigenvalue weighted by molar-refractivity contribution is -0.148. The van der Waals surface area contributed by atoms with E-state index in [2.05, 4.69) is 5.32 Å². The molecule has 1 unspecified atom stereocenters. The standard InChI is InChI=1S/C22H26N2O5/c1-14-5-7-17(8-6-14)23-21(25)13-24-12-16-11-20(28-3)19(27-2)10-15(16)9-18(24)22(26)29-4/h5-8,10-11,18H,9,12-13H2,1-4H3,(H,23,25). The van der Waals surface area contributed by atoms with E-state index in [0.29, 0.717) is 24.5 Å². The van der Waals surface area contributed by atoms with Crippen molar-refractivity contribution in [3.63, 3.8) is 0 Å². The van der Waals surface area contributed by atoms with Gasteiger partial charge in [-0.2, -0.15) is 0 Å². The molecule has 154 valence electrons. The monoisotopic (exact) mass is 398 g/mol. The second-order valence-electron chi connectivity index (χ2n) is 7.04. The van der Waals surface area contributed by atoms with Gasteiger partial charge in [-0.25, -0.2) is 0 Å². The highest BCUT2D eigenvalue weighted by molar-refractivity contribution is 5.92. The van der Waals surface area contributed by atoms with Crippen molar-refractivity contribution in [3.8, 4) is 11.5 Å². The number of ether oxygens (including phenoxy) is 3. The summed E-state index contributed by atoms with van der Waals surface area (Å²) in [6.45, 7) is 2.49. The van der Waals surface area contributed by atoms with Gasteiger partial charge in [0.1, 0.15) is 6.04 Å². The number of rotatable bonds is 6. The molecule has 0 aromatic heterocycles. The Kier molecular flexibility index (Phi) is 6.39. The maximum Gasteiger partial charge on any atom is 0.323 e. The van der Waals surface area contributed by atoms with Gasteiger partial charge in [0.25, 0.3) is 0 Å². The molecular formula is C22H26N2O5. The first-order chi connectivity index (χ1) is 13.9. The lowest BCUT2D eigenvalue weighted by atomic mass is 9.93. The molecule has 0 bridgehead atoms. The molecule has 1 heterocycles. The van der Waals surface area contributed by atoms with Crippen LogP contribution in [0.25, 0.3) is 0 Å². The molecule has 0 fully saturated rings. The summed E-state index contributed by atoms with van der Waals surface area (Å²) < 4.78 is 15.7. The number of methoxy groups -OCH3 is 3. The van der Waals surface area contributed by atoms with Gasteiger partial charge < -0.3 is 19.5 Å². The molecule has 1 amide bonds. The van der Waals surface area contributed by atoms with Crippen molar-refractivity contribution in [2.75, 3.05) is 33.2 Å². The molecule has 0 saturated heterocycles. The number of hydrogen-bond acceptors (Lipinski definition) is 6. The van der Waals surface area contributed by atoms with Crippen LogP contribution in [0.4, 0.5) is 5.69 Å². The molecule has 7 nitrogen and oxygen atoms in total. The van der Waals surface area contributed by atoms with Crippen molar-refractivity contribution >= 4 is 17.6 Å². The largest absolute Gasteiger partial charge is 0.493 e. The Morgan fingerprint density at radius 2 is 1.66 bits per heavy atom. The summed E-state index contributed by atoms with van der Waals surface area (Å²) >= 11 is 0. The van der Waals surface area contributed by atoms with Gasteiger partial charge in [-0.15, -0.1) is 0 Å². The lowest BCUT2D eigenvalue weighted by Gasteiger charge is -2.35. The zero-order valence-corrected chi connectivity index (χ0v) is 17.2. The number of nitrogens with one attached hydrogen (secondary N) is 1. The maximum atomic E-state index is 12.6. The van der Waals surface area contributed by atoms with Gasteiger partial charge in [-0.05, 0) is 48.7 Å². The number of amides is 1. The minimum absolute atomic E-state index is 0.0709. The second kappa shape index (κ2) is 8.96. The quantitative estimate of drug-likeness (QED) is 0.754. The Morgan fingerprint density at radius 3 is 2.24 bits per heavy atom. The summed E-state index contributed by atoms with van der Waals surface area (Å²) in [6.07, 6.45) is 0.431. The van der Waals surface area contributed by atoms with Crippen molar-refractivity contribution in [2.24, 2.45) is 0 Å². The summed E-state index contributed by atoms with van der Waals surface area (Å²) in [5.41, 5.74) is 3.81. The van der Waals surface area contributed by atoms with Crippen LogP contribution in [0.15, 0.2) is 36.4 Å². The summed E-state index contributed by atoms with van der Waals surface area (Å²) in [6, 6.07) is 10.8. The van der Waals surface area contributed by atoms with Crippen LogP contribution in [0.2, 0.25) is 0 Å². The van der Waals surface area contributed by atoms with E-state index in [1.54, 1.807) is 14.2 Å². The Labute approximate surface area is 170 Å². The molecule has 2 aromatic carbocycles. The predicted octanol–water partition coefficient (Wildman–Crippen LogP) is 2.55. The van der Waals surface area contributed by atoms with E-state index in [1.165, 1.54) is 7.11 Å². The molecule has 1 atom stereocenters. The third-order valence-electron chi connectivity index (χ3n) is 5.09. The number of carbonyl (C=O) groups excluding carboxylic acids is 2. The number of esters is 1. The zero-order chi connectivity index (χ0) is 21.0. The van der Waals surface area contributed by atoms with Gasteiger partial charge in [-0.1, -0.05) is 17.7 Å². The molecule has 0 aliphatic carbocycles. The van der Waals surface area contributed by atoms with Crippen molar-refractivity contribution in [1.82, 2.24) is 4.90 Å². The van der Waals surface area contributed by atoms with Crippen LogP contribution in [0.1, 0.15) is 16.7 Å². The van der Waals surface area contributed by atoms with E-state index < -0.39 is 6.04 Å². The summed E-state index contributed by atoms with van der Waals surface area (Å²) in [4.78, 5) is 26.8. The zero-order valence-electron chi connectivity index (χ0n) is 17.2. The first-order valence-electron chi connectivity index (χ1n) is 9.37. The Morgan fingerprint density at radius 1 is 1.03 bits per heavy atom. The second-order valence-corrected chi connectivity index (χ2v) is 7.04. The van der Waals surface area contributed by atoms with Gasteiger partial charge in [0.05, 0.1) is 27.9 Å². The van der Waals surface area contributed by atoms with Crippen molar-refractivity contribution in [2.45, 2.75) is 25.9 Å². The van der Waals surface area contributed by atoms with Crippen molar-refractivity contribution in [1.29, 1.82) is 0 Å². The number of fused-ring (bicyclic) bond motifs is 1. The van der Waals surface area contributed by atoms with E-state index >= 15 is 0 Å². The Bertz CT molecular complexity index is 895. The number of nitrogens with zero attached hydrogens (tertiary/aromatic N) is 1. The molecule has 1 aliphatic rings. The average Bonchev–Trinajstić information content (AvgIpc) is 2.73. The fourth-order valence-electron chi connectivity index (χ4n) is 3.52. The molecule has 3 rings (SSSR count). The highest BCUT2D eigenvalue weighted by atomic mass is 16.5. The summed E-state index contributed by atoms with van der Waals surface area (Å²) in [7, 11) is 4.51.